The van der Waals surface area contributed by atoms with Gasteiger partial charge in [0.15, 0.2) is 0 Å². The Morgan fingerprint density at radius 1 is 1.08 bits per heavy atom. The van der Waals surface area contributed by atoms with Gasteiger partial charge < -0.3 is 14.3 Å². The molecule has 0 heterocycles. The van der Waals surface area contributed by atoms with E-state index in [1.807, 2.05) is 54.6 Å². The van der Waals surface area contributed by atoms with Crippen LogP contribution < -0.4 is 9.47 Å². The van der Waals surface area contributed by atoms with Crippen molar-refractivity contribution in [3.05, 3.63) is 94.5 Å². The van der Waals surface area contributed by atoms with Crippen molar-refractivity contribution in [1.82, 2.24) is 0 Å². The molecule has 3 nitrogen and oxygen atoms in total. The number of carbonyl (C=O) groups excluding carboxylic acids is 1. The topological polar surface area (TPSA) is 35.5 Å². The number of rotatable bonds is 4. The number of fused-ring (bicyclic) bond motifs is 2. The molecule has 0 aromatic heterocycles. The molecule has 3 aromatic carbocycles. The number of carbonyl (C=O) groups is 1. The van der Waals surface area contributed by atoms with Gasteiger partial charge in [-0.1, -0.05) is 35.9 Å². The van der Waals surface area contributed by atoms with E-state index >= 15 is 0 Å². The molecule has 0 N–H and O–H groups in total. The van der Waals surface area contributed by atoms with E-state index < -0.39 is 0 Å². The Morgan fingerprint density at radius 3 is 2.65 bits per heavy atom. The maximum absolute atomic E-state index is 12.8. The largest absolute Gasteiger partial charge is 0.496 e. The van der Waals surface area contributed by atoms with E-state index in [1.165, 1.54) is 0 Å². The van der Waals surface area contributed by atoms with Crippen molar-refractivity contribution in [2.24, 2.45) is 0 Å². The van der Waals surface area contributed by atoms with Gasteiger partial charge in [0, 0.05) is 38.8 Å². The van der Waals surface area contributed by atoms with Gasteiger partial charge in [0.05, 0.1) is 12.7 Å². The molecule has 1 aliphatic rings. The van der Waals surface area contributed by atoms with E-state index in [1.54, 1.807) is 13.2 Å². The SMILES string of the molecule is COc1cc(OCc2ccccc2)cc2c1C(=O)c1ccc[c-]c1C2.[Y]. The van der Waals surface area contributed by atoms with Crippen molar-refractivity contribution < 1.29 is 47.0 Å². The summed E-state index contributed by atoms with van der Waals surface area (Å²) in [7, 11) is 1.58. The van der Waals surface area contributed by atoms with Crippen LogP contribution in [0, 0.1) is 6.07 Å². The van der Waals surface area contributed by atoms with Gasteiger partial charge in [-0.15, -0.1) is 5.56 Å². The maximum atomic E-state index is 12.8. The van der Waals surface area contributed by atoms with Crippen LogP contribution >= 0.6 is 0 Å². The second-order valence-corrected chi connectivity index (χ2v) is 6.00. The molecule has 26 heavy (non-hydrogen) atoms. The molecule has 1 radical (unpaired) electrons. The molecule has 0 fully saturated rings. The van der Waals surface area contributed by atoms with Crippen LogP contribution in [0.3, 0.4) is 0 Å². The van der Waals surface area contributed by atoms with Crippen LogP contribution in [0.1, 0.15) is 32.6 Å². The molecule has 0 spiro atoms. The van der Waals surface area contributed by atoms with Crippen LogP contribution in [0.25, 0.3) is 0 Å². The van der Waals surface area contributed by atoms with E-state index in [-0.39, 0.29) is 38.5 Å². The Labute approximate surface area is 178 Å². The molecule has 127 valence electrons. The predicted octanol–water partition coefficient (Wildman–Crippen LogP) is 4.21. The van der Waals surface area contributed by atoms with Gasteiger partial charge in [-0.25, -0.2) is 0 Å². The van der Waals surface area contributed by atoms with Crippen molar-refractivity contribution in [3.63, 3.8) is 0 Å². The first-order valence-electron chi connectivity index (χ1n) is 8.18. The standard InChI is InChI=1S/C22H17O3.Y/c1-24-20-13-18(25-14-15-7-3-2-4-8-15)12-17-11-16-9-5-6-10-19(16)22(23)21(17)20;/h2-8,10,12-13H,11,14H2,1H3;/q-1;. The molecule has 0 saturated carbocycles. The molecule has 0 atom stereocenters. The number of ether oxygens (including phenoxy) is 2. The molecule has 4 heteroatoms. The molecule has 0 saturated heterocycles. The quantitative estimate of drug-likeness (QED) is 0.466. The van der Waals surface area contributed by atoms with Crippen LogP contribution in [0.4, 0.5) is 0 Å². The zero-order chi connectivity index (χ0) is 17.2. The summed E-state index contributed by atoms with van der Waals surface area (Å²) in [5, 5.41) is 0. The second-order valence-electron chi connectivity index (χ2n) is 6.00. The van der Waals surface area contributed by atoms with E-state index in [4.69, 9.17) is 9.47 Å². The minimum atomic E-state index is -0.0143. The Kier molecular flexibility index (Phi) is 5.90. The summed E-state index contributed by atoms with van der Waals surface area (Å²) in [5.74, 6) is 1.24. The number of hydrogen-bond donors (Lipinski definition) is 0. The summed E-state index contributed by atoms with van der Waals surface area (Å²) < 4.78 is 11.4. The van der Waals surface area contributed by atoms with Gasteiger partial charge in [0.2, 0.25) is 0 Å². The molecule has 0 bridgehead atoms. The first-order chi connectivity index (χ1) is 12.3. The number of methoxy groups -OCH3 is 1. The zero-order valence-electron chi connectivity index (χ0n) is 14.5. The van der Waals surface area contributed by atoms with E-state index in [9.17, 15) is 4.79 Å². The maximum Gasteiger partial charge on any atom is 0.143 e. The molecular weight excluding hydrogens is 401 g/mol. The molecule has 0 aliphatic heterocycles. The summed E-state index contributed by atoms with van der Waals surface area (Å²) in [4.78, 5) is 12.8. The minimum Gasteiger partial charge on any atom is -0.496 e. The van der Waals surface area contributed by atoms with Crippen LogP contribution in [-0.4, -0.2) is 12.9 Å². The fraction of sp³-hybridized carbons (Fsp3) is 0.136. The number of ketones is 1. The summed E-state index contributed by atoms with van der Waals surface area (Å²) >= 11 is 0. The Balaban J connectivity index is 0.00000196. The van der Waals surface area contributed by atoms with Crippen molar-refractivity contribution in [1.29, 1.82) is 0 Å². The predicted molar refractivity (Wildman–Crippen MR) is 95.3 cm³/mol. The Morgan fingerprint density at radius 2 is 1.88 bits per heavy atom. The average Bonchev–Trinajstić information content (AvgIpc) is 2.66. The summed E-state index contributed by atoms with van der Waals surface area (Å²) in [5.41, 5.74) is 4.26. The van der Waals surface area contributed by atoms with Crippen LogP contribution in [-0.2, 0) is 45.7 Å². The minimum absolute atomic E-state index is 0. The molecule has 0 amide bonds. The Bertz CT molecular complexity index is 935. The third-order valence-corrected chi connectivity index (χ3v) is 4.41. The van der Waals surface area contributed by atoms with Crippen molar-refractivity contribution in [2.75, 3.05) is 7.11 Å². The first-order valence-corrected chi connectivity index (χ1v) is 8.18. The fourth-order valence-electron chi connectivity index (χ4n) is 3.18. The van der Waals surface area contributed by atoms with Crippen LogP contribution in [0.5, 0.6) is 11.5 Å². The van der Waals surface area contributed by atoms with Gasteiger partial charge >= 0.3 is 0 Å². The van der Waals surface area contributed by atoms with Crippen molar-refractivity contribution in [2.45, 2.75) is 13.0 Å². The monoisotopic (exact) mass is 418 g/mol. The van der Waals surface area contributed by atoms with Crippen molar-refractivity contribution in [3.8, 4) is 11.5 Å². The smallest absolute Gasteiger partial charge is 0.143 e. The third-order valence-electron chi connectivity index (χ3n) is 4.41. The van der Waals surface area contributed by atoms with Crippen LogP contribution in [0.15, 0.2) is 60.7 Å². The van der Waals surface area contributed by atoms with E-state index in [0.717, 1.165) is 16.7 Å². The average molecular weight is 418 g/mol. The first kappa shape index (κ1) is 18.8. The van der Waals surface area contributed by atoms with Gasteiger partial charge in [-0.3, -0.25) is 0 Å². The van der Waals surface area contributed by atoms with E-state index in [0.29, 0.717) is 35.7 Å². The van der Waals surface area contributed by atoms with Crippen molar-refractivity contribution >= 4 is 5.78 Å². The number of hydrogen-bond acceptors (Lipinski definition) is 3. The number of benzene rings is 3. The summed E-state index contributed by atoms with van der Waals surface area (Å²) in [6.45, 7) is 0.472. The molecule has 3 aromatic rings. The normalized spacial score (nSPS) is 11.8. The molecule has 0 unspecified atom stereocenters. The van der Waals surface area contributed by atoms with Gasteiger partial charge in [0.1, 0.15) is 23.9 Å². The second kappa shape index (κ2) is 8.15. The van der Waals surface area contributed by atoms with Gasteiger partial charge in [-0.05, 0) is 23.6 Å². The fourth-order valence-corrected chi connectivity index (χ4v) is 3.18. The molecular formula is C22H17O3Y-. The molecule has 4 rings (SSSR count). The molecule has 1 aliphatic carbocycles. The van der Waals surface area contributed by atoms with E-state index in [2.05, 4.69) is 6.07 Å². The Hall–Kier alpha value is -1.97. The summed E-state index contributed by atoms with van der Waals surface area (Å²) in [6, 6.07) is 22.4. The van der Waals surface area contributed by atoms with Gasteiger partial charge in [-0.2, -0.15) is 24.3 Å². The zero-order valence-corrected chi connectivity index (χ0v) is 17.3. The summed E-state index contributed by atoms with van der Waals surface area (Å²) in [6.07, 6.45) is 0.649. The van der Waals surface area contributed by atoms with Crippen LogP contribution in [0.2, 0.25) is 0 Å². The third kappa shape index (κ3) is 3.60. The van der Waals surface area contributed by atoms with Gasteiger partial charge in [0.25, 0.3) is 0 Å².